The summed E-state index contributed by atoms with van der Waals surface area (Å²) in [5.41, 5.74) is -9.96. The standard InChI is InChI=1S/C29H27ClF7NO6S/c30-19-2-1-3-20(15-19)45(43,44)26-12-13-38(24(41)25(42)10-8-16(9-11-25)23(39)40)22(26)7-4-17-14-18(5-6-21(17)26)27(31,28(32,33)34)29(35,36)37/h1-3,5-6,14-16,22,42H,4,7-13H2,(H,39,40)/t16-,22?,25+,26?. The number of hydrogen-bond donors (Lipinski definition) is 2. The molecule has 2 fully saturated rings. The van der Waals surface area contributed by atoms with Gasteiger partial charge in [0.1, 0.15) is 10.3 Å². The number of carbonyl (C=O) groups is 2. The van der Waals surface area contributed by atoms with Gasteiger partial charge in [-0.25, -0.2) is 12.8 Å². The van der Waals surface area contributed by atoms with Gasteiger partial charge in [-0.05, 0) is 74.3 Å². The first-order valence-electron chi connectivity index (χ1n) is 13.9. The lowest BCUT2D eigenvalue weighted by Crippen LogP contribution is -2.57. The predicted octanol–water partition coefficient (Wildman–Crippen LogP) is 5.85. The molecule has 1 saturated heterocycles. The Bertz CT molecular complexity index is 1620. The fourth-order valence-electron chi connectivity index (χ4n) is 7.14. The minimum atomic E-state index is -6.38. The van der Waals surface area contributed by atoms with Crippen molar-refractivity contribution in [3.63, 3.8) is 0 Å². The van der Waals surface area contributed by atoms with Gasteiger partial charge in [-0.2, -0.15) is 26.3 Å². The molecule has 2 atom stereocenters. The Balaban J connectivity index is 1.65. The van der Waals surface area contributed by atoms with Gasteiger partial charge in [-0.1, -0.05) is 35.9 Å². The summed E-state index contributed by atoms with van der Waals surface area (Å²) in [4.78, 5) is 26.1. The van der Waals surface area contributed by atoms with Gasteiger partial charge in [0.05, 0.1) is 16.9 Å². The number of hydrogen-bond acceptors (Lipinski definition) is 5. The van der Waals surface area contributed by atoms with E-state index in [0.717, 1.165) is 17.0 Å². The fourth-order valence-corrected chi connectivity index (χ4v) is 9.81. The molecule has 2 N–H and O–H groups in total. The summed E-state index contributed by atoms with van der Waals surface area (Å²) in [5.74, 6) is -2.73. The topological polar surface area (TPSA) is 112 Å². The molecule has 0 spiro atoms. The molecule has 1 amide bonds. The minimum absolute atomic E-state index is 0.0168. The van der Waals surface area contributed by atoms with Gasteiger partial charge < -0.3 is 15.1 Å². The van der Waals surface area contributed by atoms with Gasteiger partial charge in [0, 0.05) is 17.1 Å². The first kappa shape index (κ1) is 33.5. The second kappa shape index (κ2) is 10.8. The van der Waals surface area contributed by atoms with Crippen molar-refractivity contribution >= 4 is 33.3 Å². The van der Waals surface area contributed by atoms with Gasteiger partial charge in [-0.15, -0.1) is 0 Å². The van der Waals surface area contributed by atoms with Crippen LogP contribution in [0.4, 0.5) is 30.7 Å². The number of carboxylic acids is 1. The van der Waals surface area contributed by atoms with E-state index in [0.29, 0.717) is 6.07 Å². The van der Waals surface area contributed by atoms with Crippen LogP contribution in [-0.2, 0) is 36.3 Å². The quantitative estimate of drug-likeness (QED) is 0.382. The number of aliphatic carboxylic acids is 1. The molecule has 2 unspecified atom stereocenters. The lowest BCUT2D eigenvalue weighted by atomic mass is 9.75. The number of carboxylic acid groups (broad SMARTS) is 1. The van der Waals surface area contributed by atoms with Crippen LogP contribution in [0.15, 0.2) is 47.4 Å². The zero-order valence-electron chi connectivity index (χ0n) is 23.3. The molecule has 3 aliphatic rings. The molecule has 1 aliphatic heterocycles. The molecule has 246 valence electrons. The lowest BCUT2D eigenvalue weighted by molar-refractivity contribution is -0.348. The number of likely N-dealkylation sites (tertiary alicyclic amines) is 1. The van der Waals surface area contributed by atoms with Gasteiger partial charge >= 0.3 is 24.0 Å². The molecule has 2 aliphatic carbocycles. The smallest absolute Gasteiger partial charge is 0.435 e. The van der Waals surface area contributed by atoms with Crippen molar-refractivity contribution in [2.24, 2.45) is 5.92 Å². The van der Waals surface area contributed by atoms with Crippen LogP contribution in [0.5, 0.6) is 0 Å². The van der Waals surface area contributed by atoms with Crippen LogP contribution in [0.1, 0.15) is 55.2 Å². The molecule has 5 rings (SSSR count). The Morgan fingerprint density at radius 2 is 1.53 bits per heavy atom. The molecule has 1 heterocycles. The molecular formula is C29H27ClF7NO6S. The highest BCUT2D eigenvalue weighted by molar-refractivity contribution is 7.92. The fraction of sp³-hybridized carbons (Fsp3) is 0.517. The van der Waals surface area contributed by atoms with Crippen LogP contribution >= 0.6 is 11.6 Å². The Morgan fingerprint density at radius 3 is 2.09 bits per heavy atom. The number of alkyl halides is 7. The van der Waals surface area contributed by atoms with E-state index < -0.39 is 67.6 Å². The van der Waals surface area contributed by atoms with Crippen molar-refractivity contribution < 1.29 is 59.0 Å². The summed E-state index contributed by atoms with van der Waals surface area (Å²) in [6, 6.07) is 5.21. The molecule has 0 bridgehead atoms. The highest BCUT2D eigenvalue weighted by Gasteiger charge is 2.74. The second-order valence-electron chi connectivity index (χ2n) is 11.8. The van der Waals surface area contributed by atoms with Crippen LogP contribution in [0.2, 0.25) is 5.02 Å². The average Bonchev–Trinajstić information content (AvgIpc) is 3.36. The molecule has 16 heteroatoms. The second-order valence-corrected chi connectivity index (χ2v) is 14.5. The Labute approximate surface area is 257 Å². The van der Waals surface area contributed by atoms with Crippen molar-refractivity contribution in [3.8, 4) is 0 Å². The van der Waals surface area contributed by atoms with E-state index in [9.17, 15) is 54.6 Å². The minimum Gasteiger partial charge on any atom is -0.481 e. The number of halogens is 8. The summed E-state index contributed by atoms with van der Waals surface area (Å²) in [6.07, 6.45) is -14.1. The molecule has 7 nitrogen and oxygen atoms in total. The van der Waals surface area contributed by atoms with E-state index in [2.05, 4.69) is 0 Å². The molecular weight excluding hydrogens is 659 g/mol. The number of nitrogens with zero attached hydrogens (tertiary/aromatic N) is 1. The zero-order valence-corrected chi connectivity index (χ0v) is 24.8. The Morgan fingerprint density at radius 1 is 0.911 bits per heavy atom. The monoisotopic (exact) mass is 685 g/mol. The van der Waals surface area contributed by atoms with E-state index in [-0.39, 0.29) is 78.6 Å². The van der Waals surface area contributed by atoms with E-state index in [1.165, 1.54) is 18.2 Å². The summed E-state index contributed by atoms with van der Waals surface area (Å²) >= 11 is 6.06. The number of carbonyl (C=O) groups excluding carboxylic acids is 1. The number of amides is 1. The number of fused-ring (bicyclic) bond motifs is 3. The Kier molecular flexibility index (Phi) is 8.05. The molecule has 2 aromatic rings. The molecule has 0 radical (unpaired) electrons. The lowest BCUT2D eigenvalue weighted by Gasteiger charge is -2.45. The van der Waals surface area contributed by atoms with Gasteiger partial charge in [-0.3, -0.25) is 9.59 Å². The summed E-state index contributed by atoms with van der Waals surface area (Å²) in [7, 11) is -4.61. The van der Waals surface area contributed by atoms with Crippen molar-refractivity contribution in [3.05, 3.63) is 64.2 Å². The predicted molar refractivity (Wildman–Crippen MR) is 145 cm³/mol. The normalized spacial score (nSPS) is 27.5. The van der Waals surface area contributed by atoms with E-state index in [1.807, 2.05) is 0 Å². The van der Waals surface area contributed by atoms with Gasteiger partial charge in [0.25, 0.3) is 5.91 Å². The first-order valence-corrected chi connectivity index (χ1v) is 15.8. The van der Waals surface area contributed by atoms with Crippen LogP contribution in [0.3, 0.4) is 0 Å². The third-order valence-corrected chi connectivity index (χ3v) is 12.2. The maximum absolute atomic E-state index is 15.0. The van der Waals surface area contributed by atoms with Crippen molar-refractivity contribution in [1.29, 1.82) is 0 Å². The third-order valence-electron chi connectivity index (χ3n) is 9.47. The van der Waals surface area contributed by atoms with Crippen LogP contribution < -0.4 is 0 Å². The van der Waals surface area contributed by atoms with E-state index >= 15 is 4.39 Å². The molecule has 1 saturated carbocycles. The summed E-state index contributed by atoms with van der Waals surface area (Å²) in [5, 5.41) is 20.6. The van der Waals surface area contributed by atoms with Crippen molar-refractivity contribution in [1.82, 2.24) is 4.90 Å². The number of rotatable bonds is 5. The van der Waals surface area contributed by atoms with Crippen LogP contribution in [-0.4, -0.2) is 65.9 Å². The number of aliphatic hydroxyl groups is 1. The largest absolute Gasteiger partial charge is 0.481 e. The zero-order chi connectivity index (χ0) is 33.4. The van der Waals surface area contributed by atoms with Crippen LogP contribution in [0, 0.1) is 5.92 Å². The summed E-state index contributed by atoms with van der Waals surface area (Å²) < 4.78 is 123. The average molecular weight is 686 g/mol. The van der Waals surface area contributed by atoms with Crippen molar-refractivity contribution in [2.45, 2.75) is 84.3 Å². The Hall–Kier alpha value is -2.91. The maximum atomic E-state index is 15.0. The summed E-state index contributed by atoms with van der Waals surface area (Å²) in [6.45, 7) is -0.257. The number of sulfone groups is 1. The molecule has 45 heavy (non-hydrogen) atoms. The van der Waals surface area contributed by atoms with E-state index in [1.54, 1.807) is 0 Å². The van der Waals surface area contributed by atoms with Crippen LogP contribution in [0.25, 0.3) is 0 Å². The van der Waals surface area contributed by atoms with Gasteiger partial charge in [0.15, 0.2) is 9.84 Å². The van der Waals surface area contributed by atoms with E-state index in [4.69, 9.17) is 11.6 Å². The number of benzene rings is 2. The molecule has 2 aromatic carbocycles. The van der Waals surface area contributed by atoms with Gasteiger partial charge in [0.2, 0.25) is 0 Å². The highest BCUT2D eigenvalue weighted by Crippen LogP contribution is 2.57. The van der Waals surface area contributed by atoms with Crippen molar-refractivity contribution in [2.75, 3.05) is 6.54 Å². The third kappa shape index (κ3) is 5.00. The maximum Gasteiger partial charge on any atom is 0.435 e. The molecule has 0 aromatic heterocycles. The first-order chi connectivity index (χ1) is 20.7. The highest BCUT2D eigenvalue weighted by atomic mass is 35.5. The SMILES string of the molecule is O=C(O)[C@H]1CC[C@](O)(C(=O)N2CCC3(S(=O)(=O)c4cccc(Cl)c4)c4ccc(C(F)(C(F)(F)F)C(F)(F)F)cc4CCC23)CC1. The number of aryl methyl sites for hydroxylation is 1.